The van der Waals surface area contributed by atoms with Crippen molar-refractivity contribution in [2.45, 2.75) is 69.6 Å². The van der Waals surface area contributed by atoms with Gasteiger partial charge in [-0.25, -0.2) is 0 Å². The molecule has 0 spiro atoms. The molecule has 2 nitrogen and oxygen atoms in total. The Hall–Kier alpha value is -1.31. The topological polar surface area (TPSA) is 37.3 Å². The number of carbonyl (C=O) groups is 1. The van der Waals surface area contributed by atoms with Crippen LogP contribution in [0.4, 0.5) is 0 Å². The smallest absolute Gasteiger partial charge is 0.303 e. The molecule has 114 valence electrons. The van der Waals surface area contributed by atoms with Crippen molar-refractivity contribution in [3.8, 4) is 0 Å². The highest BCUT2D eigenvalue weighted by atomic mass is 16.4. The predicted octanol–water partition coefficient (Wildman–Crippen LogP) is 5.09. The van der Waals surface area contributed by atoms with Gasteiger partial charge in [-0.15, -0.1) is 0 Å². The number of hydrogen-bond acceptors (Lipinski definition) is 1. The summed E-state index contributed by atoms with van der Waals surface area (Å²) in [6.07, 6.45) is 10.6. The number of aliphatic carboxylic acids is 1. The zero-order chi connectivity index (χ0) is 14.7. The molecule has 2 fully saturated rings. The molecule has 0 radical (unpaired) electrons. The summed E-state index contributed by atoms with van der Waals surface area (Å²) in [5.74, 6) is 0.844. The Labute approximate surface area is 127 Å². The second kappa shape index (κ2) is 6.64. The van der Waals surface area contributed by atoms with Crippen LogP contribution in [-0.2, 0) is 4.79 Å². The SMILES string of the molecule is O=C(O)CC(c1ccccc1C1CCCCCC1)C1CC1. The van der Waals surface area contributed by atoms with E-state index in [0.717, 1.165) is 0 Å². The molecule has 1 aromatic carbocycles. The molecular weight excluding hydrogens is 260 g/mol. The van der Waals surface area contributed by atoms with Crippen LogP contribution in [0.5, 0.6) is 0 Å². The Bertz CT molecular complexity index is 482. The molecule has 2 heteroatoms. The molecule has 0 aliphatic heterocycles. The van der Waals surface area contributed by atoms with Crippen molar-refractivity contribution in [1.82, 2.24) is 0 Å². The van der Waals surface area contributed by atoms with Gasteiger partial charge in [-0.3, -0.25) is 4.79 Å². The van der Waals surface area contributed by atoms with Gasteiger partial charge >= 0.3 is 5.97 Å². The summed E-state index contributed by atoms with van der Waals surface area (Å²) in [7, 11) is 0. The van der Waals surface area contributed by atoms with Crippen LogP contribution in [0.2, 0.25) is 0 Å². The van der Waals surface area contributed by atoms with Crippen molar-refractivity contribution in [2.75, 3.05) is 0 Å². The van der Waals surface area contributed by atoms with Gasteiger partial charge in [-0.05, 0) is 54.6 Å². The minimum Gasteiger partial charge on any atom is -0.481 e. The maximum absolute atomic E-state index is 11.3. The van der Waals surface area contributed by atoms with Gasteiger partial charge in [0.05, 0.1) is 6.42 Å². The summed E-state index contributed by atoms with van der Waals surface area (Å²) in [6, 6.07) is 8.69. The van der Waals surface area contributed by atoms with Gasteiger partial charge in [-0.1, -0.05) is 49.9 Å². The summed E-state index contributed by atoms with van der Waals surface area (Å²) < 4.78 is 0. The van der Waals surface area contributed by atoms with E-state index in [0.29, 0.717) is 18.3 Å². The second-order valence-corrected chi connectivity index (χ2v) is 6.86. The molecule has 0 saturated heterocycles. The minimum atomic E-state index is -0.650. The lowest BCUT2D eigenvalue weighted by atomic mass is 9.81. The van der Waals surface area contributed by atoms with Gasteiger partial charge in [0.2, 0.25) is 0 Å². The van der Waals surface area contributed by atoms with Gasteiger partial charge in [0.15, 0.2) is 0 Å². The molecule has 1 N–H and O–H groups in total. The van der Waals surface area contributed by atoms with E-state index in [1.165, 1.54) is 62.5 Å². The average molecular weight is 286 g/mol. The molecule has 0 aromatic heterocycles. The number of hydrogen-bond donors (Lipinski definition) is 1. The Balaban J connectivity index is 1.88. The zero-order valence-corrected chi connectivity index (χ0v) is 12.8. The summed E-state index contributed by atoms with van der Waals surface area (Å²) in [4.78, 5) is 11.3. The predicted molar refractivity (Wildman–Crippen MR) is 84.6 cm³/mol. The third kappa shape index (κ3) is 3.66. The van der Waals surface area contributed by atoms with Crippen molar-refractivity contribution in [1.29, 1.82) is 0 Å². The second-order valence-electron chi connectivity index (χ2n) is 6.86. The molecule has 2 aliphatic rings. The molecule has 0 bridgehead atoms. The third-order valence-electron chi connectivity index (χ3n) is 5.28. The fourth-order valence-corrected chi connectivity index (χ4v) is 4.03. The van der Waals surface area contributed by atoms with Gasteiger partial charge in [0.25, 0.3) is 0 Å². The van der Waals surface area contributed by atoms with Crippen molar-refractivity contribution >= 4 is 5.97 Å². The van der Waals surface area contributed by atoms with E-state index < -0.39 is 5.97 Å². The number of carboxylic acid groups (broad SMARTS) is 1. The molecule has 0 heterocycles. The van der Waals surface area contributed by atoms with Gasteiger partial charge in [0, 0.05) is 0 Å². The standard InChI is InChI=1S/C19H26O2/c20-19(21)13-18(15-11-12-15)17-10-6-5-9-16(17)14-7-3-1-2-4-8-14/h5-6,9-10,14-15,18H,1-4,7-8,11-13H2,(H,20,21). The third-order valence-corrected chi connectivity index (χ3v) is 5.28. The first-order chi connectivity index (χ1) is 10.3. The molecule has 1 aromatic rings. The van der Waals surface area contributed by atoms with Crippen LogP contribution < -0.4 is 0 Å². The van der Waals surface area contributed by atoms with Gasteiger partial charge in [-0.2, -0.15) is 0 Å². The first-order valence-electron chi connectivity index (χ1n) is 8.56. The number of rotatable bonds is 5. The Kier molecular flexibility index (Phi) is 4.62. The molecule has 0 amide bonds. The van der Waals surface area contributed by atoms with Crippen molar-refractivity contribution in [2.24, 2.45) is 5.92 Å². The van der Waals surface area contributed by atoms with Crippen LogP contribution >= 0.6 is 0 Å². The Morgan fingerprint density at radius 1 is 1.05 bits per heavy atom. The van der Waals surface area contributed by atoms with Gasteiger partial charge in [0.1, 0.15) is 0 Å². The van der Waals surface area contributed by atoms with Crippen molar-refractivity contribution in [3.63, 3.8) is 0 Å². The largest absolute Gasteiger partial charge is 0.481 e. The molecule has 1 unspecified atom stereocenters. The molecule has 3 rings (SSSR count). The lowest BCUT2D eigenvalue weighted by Gasteiger charge is -2.24. The first kappa shape index (κ1) is 14.6. The zero-order valence-electron chi connectivity index (χ0n) is 12.8. The Morgan fingerprint density at radius 2 is 1.71 bits per heavy atom. The van der Waals surface area contributed by atoms with E-state index in [9.17, 15) is 9.90 Å². The molecular formula is C19H26O2. The van der Waals surface area contributed by atoms with Gasteiger partial charge < -0.3 is 5.11 Å². The monoisotopic (exact) mass is 286 g/mol. The van der Waals surface area contributed by atoms with E-state index in [-0.39, 0.29) is 5.92 Å². The summed E-state index contributed by atoms with van der Waals surface area (Å²) in [5, 5.41) is 9.27. The first-order valence-corrected chi connectivity index (χ1v) is 8.56. The maximum atomic E-state index is 11.3. The molecule has 2 saturated carbocycles. The maximum Gasteiger partial charge on any atom is 0.303 e. The number of benzene rings is 1. The fourth-order valence-electron chi connectivity index (χ4n) is 4.03. The van der Waals surface area contributed by atoms with Crippen molar-refractivity contribution in [3.05, 3.63) is 35.4 Å². The number of carboxylic acids is 1. The summed E-state index contributed by atoms with van der Waals surface area (Å²) in [6.45, 7) is 0. The average Bonchev–Trinajstić information content (AvgIpc) is 3.31. The van der Waals surface area contributed by atoms with E-state index in [4.69, 9.17) is 0 Å². The summed E-state index contributed by atoms with van der Waals surface area (Å²) >= 11 is 0. The molecule has 21 heavy (non-hydrogen) atoms. The van der Waals surface area contributed by atoms with Crippen LogP contribution in [0.3, 0.4) is 0 Å². The normalized spacial score (nSPS) is 21.7. The lowest BCUT2D eigenvalue weighted by molar-refractivity contribution is -0.137. The Morgan fingerprint density at radius 3 is 2.33 bits per heavy atom. The van der Waals surface area contributed by atoms with Crippen LogP contribution in [0.25, 0.3) is 0 Å². The highest BCUT2D eigenvalue weighted by Gasteiger charge is 2.35. The van der Waals surface area contributed by atoms with Crippen LogP contribution in [0, 0.1) is 5.92 Å². The summed E-state index contributed by atoms with van der Waals surface area (Å²) in [5.41, 5.74) is 2.80. The fraction of sp³-hybridized carbons (Fsp3) is 0.632. The van der Waals surface area contributed by atoms with Crippen LogP contribution in [-0.4, -0.2) is 11.1 Å². The molecule has 2 aliphatic carbocycles. The minimum absolute atomic E-state index is 0.238. The van der Waals surface area contributed by atoms with E-state index in [1.54, 1.807) is 0 Å². The molecule has 1 atom stereocenters. The highest BCUT2D eigenvalue weighted by Crippen LogP contribution is 2.47. The van der Waals surface area contributed by atoms with E-state index >= 15 is 0 Å². The highest BCUT2D eigenvalue weighted by molar-refractivity contribution is 5.68. The van der Waals surface area contributed by atoms with Crippen molar-refractivity contribution < 1.29 is 9.90 Å². The van der Waals surface area contributed by atoms with E-state index in [2.05, 4.69) is 24.3 Å². The van der Waals surface area contributed by atoms with Crippen LogP contribution in [0.15, 0.2) is 24.3 Å². The quantitative estimate of drug-likeness (QED) is 0.765. The lowest BCUT2D eigenvalue weighted by Crippen LogP contribution is -2.12. The van der Waals surface area contributed by atoms with Crippen LogP contribution in [0.1, 0.15) is 80.8 Å². The van der Waals surface area contributed by atoms with E-state index in [1.807, 2.05) is 0 Å².